The van der Waals surface area contributed by atoms with E-state index in [-0.39, 0.29) is 21.8 Å². The number of hydrogen-bond acceptors (Lipinski definition) is 3. The fourth-order valence-corrected chi connectivity index (χ4v) is 9.78. The molecule has 0 spiro atoms. The van der Waals surface area contributed by atoms with Gasteiger partial charge in [0.25, 0.3) is 0 Å². The van der Waals surface area contributed by atoms with E-state index in [1.807, 2.05) is 97.3 Å². The quantitative estimate of drug-likeness (QED) is 0.109. The molecule has 0 bridgehead atoms. The molecule has 3 heteroatoms. The van der Waals surface area contributed by atoms with Crippen LogP contribution in [0.5, 0.6) is 0 Å². The molecular formula is C62H63N3. The van der Waals surface area contributed by atoms with Crippen LogP contribution in [0, 0.1) is 0 Å². The molecule has 1 aliphatic rings. The Bertz CT molecular complexity index is 2880. The lowest BCUT2D eigenvalue weighted by molar-refractivity contribution is 0.319. The zero-order valence-electron chi connectivity index (χ0n) is 42.6. The standard InChI is InChI=1S/C62H63N3/c1-60(2,54-30-32-57(64-43-54)49-18-10-6-11-19-49)40-46-36-45(37-47(38-46)41-61(3,4)55-31-33-58(65-44-55)50-20-12-7-13-21-50)24-25-52-42-63-59(51-22-14-8-15-23-51)39-56(52)48-26-28-53(29-27-48)62(5)34-16-9-17-35-62/h6-8,10-15,18-23,26-33,36-39,42-44H,9,16-17,24-25,34-35,40-41H2,1-5H3/i24D2,25D2. The first-order chi connectivity index (χ1) is 33.0. The smallest absolute Gasteiger partial charge is 0.0708 e. The van der Waals surface area contributed by atoms with E-state index in [4.69, 9.17) is 15.0 Å². The Hall–Kier alpha value is -6.45. The minimum absolute atomic E-state index is 0.106. The Kier molecular flexibility index (Phi) is 11.4. The van der Waals surface area contributed by atoms with Gasteiger partial charge >= 0.3 is 0 Å². The Balaban J connectivity index is 1.11. The molecule has 0 aliphatic heterocycles. The maximum absolute atomic E-state index is 10.0. The van der Waals surface area contributed by atoms with E-state index in [1.165, 1.54) is 24.8 Å². The molecule has 65 heavy (non-hydrogen) atoms. The van der Waals surface area contributed by atoms with Crippen molar-refractivity contribution in [2.24, 2.45) is 0 Å². The molecule has 0 N–H and O–H groups in total. The first-order valence-electron chi connectivity index (χ1n) is 25.4. The number of aryl methyl sites for hydroxylation is 2. The first kappa shape index (κ1) is 39.0. The van der Waals surface area contributed by atoms with E-state index < -0.39 is 12.7 Å². The van der Waals surface area contributed by atoms with Crippen LogP contribution in [0.3, 0.4) is 0 Å². The molecule has 3 aromatic heterocycles. The third-order valence-corrected chi connectivity index (χ3v) is 13.7. The summed E-state index contributed by atoms with van der Waals surface area (Å²) in [7, 11) is 0. The molecule has 1 aliphatic carbocycles. The molecular weight excluding hydrogens is 787 g/mol. The summed E-state index contributed by atoms with van der Waals surface area (Å²) in [6, 6.07) is 55.2. The highest BCUT2D eigenvalue weighted by molar-refractivity contribution is 5.73. The Morgan fingerprint density at radius 2 is 0.923 bits per heavy atom. The van der Waals surface area contributed by atoms with Gasteiger partial charge in [0, 0.05) is 40.8 Å². The number of nitrogens with zero attached hydrogens (tertiary/aromatic N) is 3. The van der Waals surface area contributed by atoms with Crippen molar-refractivity contribution in [3.8, 4) is 44.9 Å². The summed E-state index contributed by atoms with van der Waals surface area (Å²) >= 11 is 0. The van der Waals surface area contributed by atoms with Gasteiger partial charge in [-0.1, -0.05) is 199 Å². The van der Waals surface area contributed by atoms with Crippen LogP contribution in [0.4, 0.5) is 0 Å². The summed E-state index contributed by atoms with van der Waals surface area (Å²) in [5.74, 6) is 0. The predicted molar refractivity (Wildman–Crippen MR) is 272 cm³/mol. The average Bonchev–Trinajstić information content (AvgIpc) is 3.37. The highest BCUT2D eigenvalue weighted by Gasteiger charge is 2.29. The van der Waals surface area contributed by atoms with Crippen molar-refractivity contribution in [2.75, 3.05) is 0 Å². The summed E-state index contributed by atoms with van der Waals surface area (Å²) < 4.78 is 40.0. The fraction of sp³-hybridized carbons (Fsp3) is 0.274. The lowest BCUT2D eigenvalue weighted by Crippen LogP contribution is -2.24. The van der Waals surface area contributed by atoms with E-state index in [9.17, 15) is 5.48 Å². The summed E-state index contributed by atoms with van der Waals surface area (Å²) in [5.41, 5.74) is 12.1. The predicted octanol–water partition coefficient (Wildman–Crippen LogP) is 15.6. The van der Waals surface area contributed by atoms with Crippen molar-refractivity contribution < 1.29 is 5.48 Å². The van der Waals surface area contributed by atoms with Gasteiger partial charge in [-0.25, -0.2) is 0 Å². The summed E-state index contributed by atoms with van der Waals surface area (Å²) in [6.45, 7) is 11.2. The largest absolute Gasteiger partial charge is 0.256 e. The maximum atomic E-state index is 10.0. The molecule has 1 fully saturated rings. The number of aromatic nitrogens is 3. The van der Waals surface area contributed by atoms with Gasteiger partial charge in [0.15, 0.2) is 0 Å². The molecule has 326 valence electrons. The van der Waals surface area contributed by atoms with Crippen LogP contribution in [-0.4, -0.2) is 15.0 Å². The second kappa shape index (κ2) is 18.9. The minimum Gasteiger partial charge on any atom is -0.256 e. The Morgan fingerprint density at radius 3 is 1.40 bits per heavy atom. The lowest BCUT2D eigenvalue weighted by Gasteiger charge is -2.34. The number of pyridine rings is 3. The van der Waals surface area contributed by atoms with Crippen LogP contribution < -0.4 is 0 Å². The summed E-state index contributed by atoms with van der Waals surface area (Å²) in [6.07, 6.45) is 7.67. The van der Waals surface area contributed by atoms with Crippen LogP contribution in [0.15, 0.2) is 182 Å². The van der Waals surface area contributed by atoms with Crippen LogP contribution in [0.2, 0.25) is 0 Å². The van der Waals surface area contributed by atoms with Gasteiger partial charge in [0.2, 0.25) is 0 Å². The molecule has 0 unspecified atom stereocenters. The van der Waals surface area contributed by atoms with Crippen molar-refractivity contribution in [1.82, 2.24) is 15.0 Å². The minimum atomic E-state index is -2.51. The second-order valence-electron chi connectivity index (χ2n) is 19.7. The molecule has 1 saturated carbocycles. The molecule has 8 aromatic rings. The lowest BCUT2D eigenvalue weighted by atomic mass is 9.71. The third-order valence-electron chi connectivity index (χ3n) is 13.7. The van der Waals surface area contributed by atoms with Gasteiger partial charge in [-0.05, 0) is 123 Å². The summed E-state index contributed by atoms with van der Waals surface area (Å²) in [4.78, 5) is 14.6. The molecule has 0 radical (unpaired) electrons. The van der Waals surface area contributed by atoms with Crippen LogP contribution in [-0.2, 0) is 41.8 Å². The Morgan fingerprint density at radius 1 is 0.462 bits per heavy atom. The molecule has 3 heterocycles. The number of hydrogen-bond donors (Lipinski definition) is 0. The van der Waals surface area contributed by atoms with Gasteiger partial charge in [-0.15, -0.1) is 0 Å². The SMILES string of the molecule is [2H]C([2H])(c1cc(CC(C)(C)c2ccc(-c3ccccc3)nc2)cc(CC(C)(C)c2ccc(-c3ccccc3)nc2)c1)C([2H])([2H])c1cnc(-c2ccccc2)cc1-c1ccc(C2(C)CCCCC2)cc1. The van der Waals surface area contributed by atoms with Crippen molar-refractivity contribution >= 4 is 0 Å². The van der Waals surface area contributed by atoms with Crippen molar-refractivity contribution in [1.29, 1.82) is 0 Å². The van der Waals surface area contributed by atoms with Crippen molar-refractivity contribution in [3.05, 3.63) is 221 Å². The van der Waals surface area contributed by atoms with E-state index in [0.29, 0.717) is 29.7 Å². The maximum Gasteiger partial charge on any atom is 0.0708 e. The van der Waals surface area contributed by atoms with E-state index in [2.05, 4.69) is 113 Å². The number of benzene rings is 5. The number of rotatable bonds is 14. The summed E-state index contributed by atoms with van der Waals surface area (Å²) in [5, 5.41) is 0. The topological polar surface area (TPSA) is 38.7 Å². The molecule has 3 nitrogen and oxygen atoms in total. The van der Waals surface area contributed by atoms with E-state index >= 15 is 0 Å². The third kappa shape index (κ3) is 10.3. The molecule has 5 aromatic carbocycles. The van der Waals surface area contributed by atoms with Gasteiger partial charge < -0.3 is 0 Å². The monoisotopic (exact) mass is 854 g/mol. The van der Waals surface area contributed by atoms with E-state index in [1.54, 1.807) is 6.20 Å². The van der Waals surface area contributed by atoms with Gasteiger partial charge in [-0.2, -0.15) is 0 Å². The van der Waals surface area contributed by atoms with Crippen LogP contribution in [0.1, 0.15) is 111 Å². The zero-order valence-corrected chi connectivity index (χ0v) is 38.6. The fourth-order valence-electron chi connectivity index (χ4n) is 9.78. The van der Waals surface area contributed by atoms with Crippen LogP contribution in [0.25, 0.3) is 44.9 Å². The Labute approximate surface area is 393 Å². The van der Waals surface area contributed by atoms with Crippen molar-refractivity contribution in [2.45, 2.75) is 109 Å². The first-order valence-corrected chi connectivity index (χ1v) is 23.4. The van der Waals surface area contributed by atoms with Crippen molar-refractivity contribution in [3.63, 3.8) is 0 Å². The highest BCUT2D eigenvalue weighted by atomic mass is 14.7. The molecule has 9 rings (SSSR count). The normalized spacial score (nSPS) is 15.3. The van der Waals surface area contributed by atoms with Crippen LogP contribution >= 0.6 is 0 Å². The molecule has 0 atom stereocenters. The highest BCUT2D eigenvalue weighted by Crippen LogP contribution is 2.40. The molecule has 0 saturated heterocycles. The van der Waals surface area contributed by atoms with Gasteiger partial charge in [0.05, 0.1) is 17.1 Å². The van der Waals surface area contributed by atoms with E-state index in [0.717, 1.165) is 68.7 Å². The average molecular weight is 854 g/mol. The van der Waals surface area contributed by atoms with Gasteiger partial charge in [-0.3, -0.25) is 15.0 Å². The van der Waals surface area contributed by atoms with Gasteiger partial charge in [0.1, 0.15) is 0 Å². The second-order valence-corrected chi connectivity index (χ2v) is 19.7. The molecule has 0 amide bonds. The zero-order chi connectivity index (χ0) is 48.4.